The molecule has 4 N–H and O–H groups in total. The third-order valence-corrected chi connectivity index (χ3v) is 6.79. The molecular formula is C26H37N5O7. The number of nitrogens with two attached hydrogens (primary N) is 1. The predicted octanol–water partition coefficient (Wildman–Crippen LogP) is -0.196. The second kappa shape index (κ2) is 13.8. The van der Waals surface area contributed by atoms with Crippen LogP contribution in [0.25, 0.3) is 0 Å². The van der Waals surface area contributed by atoms with Gasteiger partial charge in [0.05, 0.1) is 24.8 Å². The Kier molecular flexibility index (Phi) is 10.5. The van der Waals surface area contributed by atoms with E-state index in [9.17, 15) is 24.0 Å². The molecule has 0 unspecified atom stereocenters. The Hall–Kier alpha value is -3.67. The van der Waals surface area contributed by atoms with E-state index in [1.54, 1.807) is 43.3 Å². The van der Waals surface area contributed by atoms with E-state index in [1.807, 2.05) is 0 Å². The Bertz CT molecular complexity index is 1030. The van der Waals surface area contributed by atoms with Gasteiger partial charge in [0, 0.05) is 33.5 Å². The van der Waals surface area contributed by atoms with E-state index in [0.29, 0.717) is 18.9 Å². The monoisotopic (exact) mass is 531 g/mol. The van der Waals surface area contributed by atoms with Crippen LogP contribution >= 0.6 is 0 Å². The summed E-state index contributed by atoms with van der Waals surface area (Å²) in [4.78, 5) is 67.2. The molecule has 2 aliphatic rings. The fourth-order valence-electron chi connectivity index (χ4n) is 4.72. The molecule has 3 rings (SSSR count). The van der Waals surface area contributed by atoms with Crippen molar-refractivity contribution in [1.82, 2.24) is 20.4 Å². The lowest BCUT2D eigenvalue weighted by Crippen LogP contribution is -2.51. The van der Waals surface area contributed by atoms with Crippen molar-refractivity contribution >= 4 is 29.5 Å². The Labute approximate surface area is 222 Å². The van der Waals surface area contributed by atoms with Crippen molar-refractivity contribution in [3.8, 4) is 5.75 Å². The Balaban J connectivity index is 1.88. The molecule has 38 heavy (non-hydrogen) atoms. The molecule has 1 aromatic carbocycles. The van der Waals surface area contributed by atoms with E-state index in [1.165, 1.54) is 4.90 Å². The number of hydrogen-bond acceptors (Lipinski definition) is 7. The molecule has 1 fully saturated rings. The first-order valence-corrected chi connectivity index (χ1v) is 12.9. The van der Waals surface area contributed by atoms with Crippen LogP contribution in [0.4, 0.5) is 0 Å². The average Bonchev–Trinajstić information content (AvgIpc) is 3.36. The van der Waals surface area contributed by atoms with Crippen molar-refractivity contribution < 1.29 is 33.4 Å². The zero-order valence-electron chi connectivity index (χ0n) is 21.9. The minimum Gasteiger partial charge on any atom is -0.491 e. The van der Waals surface area contributed by atoms with Gasteiger partial charge in [-0.3, -0.25) is 24.0 Å². The molecule has 12 heteroatoms. The summed E-state index contributed by atoms with van der Waals surface area (Å²) in [5, 5.41) is 5.47. The molecule has 5 amide bonds. The normalized spacial score (nSPS) is 23.4. The van der Waals surface area contributed by atoms with Crippen molar-refractivity contribution in [2.45, 2.75) is 56.7 Å². The van der Waals surface area contributed by atoms with Crippen molar-refractivity contribution in [1.29, 1.82) is 0 Å². The lowest BCUT2D eigenvalue weighted by Gasteiger charge is -2.29. The van der Waals surface area contributed by atoms with E-state index < -0.39 is 35.7 Å². The van der Waals surface area contributed by atoms with Gasteiger partial charge in [-0.1, -0.05) is 12.1 Å². The molecule has 3 atom stereocenters. The van der Waals surface area contributed by atoms with Crippen molar-refractivity contribution in [3.63, 3.8) is 0 Å². The summed E-state index contributed by atoms with van der Waals surface area (Å²) in [5.74, 6) is -1.95. The van der Waals surface area contributed by atoms with Gasteiger partial charge in [0.25, 0.3) is 5.91 Å². The molecule has 1 saturated heterocycles. The maximum atomic E-state index is 13.6. The number of hydrogen-bond donors (Lipinski definition) is 3. The molecule has 208 valence electrons. The Morgan fingerprint density at radius 2 is 1.89 bits per heavy atom. The van der Waals surface area contributed by atoms with Crippen LogP contribution in [-0.2, 0) is 23.9 Å². The summed E-state index contributed by atoms with van der Waals surface area (Å²) in [6.45, 7) is 1.16. The summed E-state index contributed by atoms with van der Waals surface area (Å²) in [5.41, 5.74) is 5.51. The van der Waals surface area contributed by atoms with Gasteiger partial charge in [0.1, 0.15) is 24.4 Å². The number of amides is 5. The first-order valence-electron chi connectivity index (χ1n) is 12.9. The molecule has 0 radical (unpaired) electrons. The van der Waals surface area contributed by atoms with Crippen LogP contribution in [0.2, 0.25) is 0 Å². The maximum Gasteiger partial charge on any atom is 0.255 e. The van der Waals surface area contributed by atoms with Crippen LogP contribution in [0.15, 0.2) is 24.3 Å². The van der Waals surface area contributed by atoms with Gasteiger partial charge in [0.15, 0.2) is 0 Å². The summed E-state index contributed by atoms with van der Waals surface area (Å²) < 4.78 is 11.1. The number of benzene rings is 1. The van der Waals surface area contributed by atoms with Gasteiger partial charge in [-0.05, 0) is 37.8 Å². The van der Waals surface area contributed by atoms with E-state index in [0.717, 1.165) is 12.8 Å². The van der Waals surface area contributed by atoms with Gasteiger partial charge >= 0.3 is 0 Å². The minimum absolute atomic E-state index is 0.0161. The smallest absolute Gasteiger partial charge is 0.255 e. The van der Waals surface area contributed by atoms with Crippen molar-refractivity contribution in [3.05, 3.63) is 29.8 Å². The molecule has 12 nitrogen and oxygen atoms in total. The summed E-state index contributed by atoms with van der Waals surface area (Å²) in [7, 11) is 3.13. The Morgan fingerprint density at radius 3 is 2.63 bits per heavy atom. The van der Waals surface area contributed by atoms with Crippen LogP contribution < -0.4 is 21.1 Å². The van der Waals surface area contributed by atoms with Gasteiger partial charge in [-0.2, -0.15) is 0 Å². The third-order valence-electron chi connectivity index (χ3n) is 6.79. The largest absolute Gasteiger partial charge is 0.491 e. The van der Waals surface area contributed by atoms with Crippen LogP contribution in [0.3, 0.4) is 0 Å². The van der Waals surface area contributed by atoms with Crippen LogP contribution in [-0.4, -0.2) is 97.9 Å². The molecule has 0 bridgehead atoms. The number of rotatable bonds is 6. The van der Waals surface area contributed by atoms with E-state index in [2.05, 4.69) is 10.6 Å². The maximum absolute atomic E-state index is 13.6. The number of likely N-dealkylation sites (tertiary alicyclic amines) is 1. The minimum atomic E-state index is -0.980. The number of carbonyl (C=O) groups excluding carboxylic acids is 5. The zero-order valence-corrected chi connectivity index (χ0v) is 21.9. The predicted molar refractivity (Wildman–Crippen MR) is 137 cm³/mol. The summed E-state index contributed by atoms with van der Waals surface area (Å²) >= 11 is 0. The van der Waals surface area contributed by atoms with E-state index in [4.69, 9.17) is 15.2 Å². The van der Waals surface area contributed by atoms with E-state index in [-0.39, 0.29) is 56.3 Å². The molecular weight excluding hydrogens is 494 g/mol. The molecule has 2 aliphatic heterocycles. The topological polar surface area (TPSA) is 160 Å². The number of likely N-dealkylation sites (N-methyl/N-ethyl adjacent to an activating group) is 1. The van der Waals surface area contributed by atoms with Gasteiger partial charge in [0.2, 0.25) is 23.6 Å². The molecule has 1 aromatic rings. The molecule has 0 aromatic heterocycles. The highest BCUT2D eigenvalue weighted by Crippen LogP contribution is 2.22. The molecule has 0 spiro atoms. The fraction of sp³-hybridized carbons (Fsp3) is 0.577. The number of carbonyl (C=O) groups is 5. The average molecular weight is 532 g/mol. The molecule has 2 heterocycles. The number of fused-ring (bicyclic) bond motifs is 1. The number of nitrogens with zero attached hydrogens (tertiary/aromatic N) is 2. The zero-order chi connectivity index (χ0) is 27.7. The van der Waals surface area contributed by atoms with Gasteiger partial charge in [-0.25, -0.2) is 0 Å². The number of methoxy groups -OCH3 is 1. The SMILES string of the molecule is COC[C@@H]1CCCN1C(=O)[C@@H]1CCC(=O)N[C@@H](CCC(N)=O)C(=O)N(C)CCOc2ccccc2C(=O)N1. The Morgan fingerprint density at radius 1 is 1.13 bits per heavy atom. The quantitative estimate of drug-likeness (QED) is 0.458. The van der Waals surface area contributed by atoms with Gasteiger partial charge in [-0.15, -0.1) is 0 Å². The molecule has 0 saturated carbocycles. The lowest BCUT2D eigenvalue weighted by atomic mass is 10.1. The number of nitrogens with one attached hydrogen (secondary N) is 2. The number of para-hydroxylation sites is 1. The highest BCUT2D eigenvalue weighted by atomic mass is 16.5. The number of primary amides is 1. The van der Waals surface area contributed by atoms with Gasteiger partial charge < -0.3 is 35.6 Å². The van der Waals surface area contributed by atoms with Crippen LogP contribution in [0, 0.1) is 0 Å². The summed E-state index contributed by atoms with van der Waals surface area (Å²) in [6.07, 6.45) is 1.45. The van der Waals surface area contributed by atoms with E-state index >= 15 is 0 Å². The fourth-order valence-corrected chi connectivity index (χ4v) is 4.72. The standard InChI is InChI=1S/C26H37N5O7/c1-30-14-15-38-21-8-4-3-7-18(21)24(34)29-20(26(36)31-13-5-6-17(31)16-37-2)10-12-23(33)28-19(25(30)35)9-11-22(27)32/h3-4,7-8,17,19-20H,5-6,9-16H2,1-2H3,(H2,27,32)(H,28,33)(H,29,34)/t17-,19-,20-/m0/s1. The van der Waals surface area contributed by atoms with Crippen molar-refractivity contribution in [2.24, 2.45) is 5.73 Å². The highest BCUT2D eigenvalue weighted by molar-refractivity contribution is 6.00. The second-order valence-electron chi connectivity index (χ2n) is 9.58. The van der Waals surface area contributed by atoms with Crippen molar-refractivity contribution in [2.75, 3.05) is 40.5 Å². The summed E-state index contributed by atoms with van der Waals surface area (Å²) in [6, 6.07) is 4.58. The van der Waals surface area contributed by atoms with Crippen LogP contribution in [0.1, 0.15) is 48.9 Å². The highest BCUT2D eigenvalue weighted by Gasteiger charge is 2.35. The molecule has 0 aliphatic carbocycles. The number of ether oxygens (including phenoxy) is 2. The lowest BCUT2D eigenvalue weighted by molar-refractivity contribution is -0.137. The van der Waals surface area contributed by atoms with Crippen LogP contribution in [0.5, 0.6) is 5.75 Å². The first kappa shape index (κ1) is 28.9. The first-order chi connectivity index (χ1) is 18.2. The third kappa shape index (κ3) is 7.67. The second-order valence-corrected chi connectivity index (χ2v) is 9.58.